The van der Waals surface area contributed by atoms with Gasteiger partial charge in [-0.2, -0.15) is 5.10 Å². The number of hydrogen-bond donors (Lipinski definition) is 1. The van der Waals surface area contributed by atoms with E-state index in [0.29, 0.717) is 11.1 Å². The number of halogens is 1. The number of aromatic nitrogens is 3. The summed E-state index contributed by atoms with van der Waals surface area (Å²) < 4.78 is 1.45. The van der Waals surface area contributed by atoms with Gasteiger partial charge in [-0.3, -0.25) is 14.9 Å². The van der Waals surface area contributed by atoms with Gasteiger partial charge in [0.25, 0.3) is 11.6 Å². The van der Waals surface area contributed by atoms with E-state index < -0.39 is 10.8 Å². The SMILES string of the molecule is O=C(Cn1nnc2ccccc21)N/N=C\c1ccc(Cl)c([N+](=O)[O-])c1. The van der Waals surface area contributed by atoms with Crippen LogP contribution in [0, 0.1) is 10.1 Å². The number of carbonyl (C=O) groups is 1. The quantitative estimate of drug-likeness (QED) is 0.426. The van der Waals surface area contributed by atoms with Crippen LogP contribution in [0.1, 0.15) is 5.56 Å². The number of rotatable bonds is 5. The van der Waals surface area contributed by atoms with Gasteiger partial charge in [-0.1, -0.05) is 35.0 Å². The molecule has 0 atom stereocenters. The lowest BCUT2D eigenvalue weighted by molar-refractivity contribution is -0.384. The number of para-hydroxylation sites is 1. The third-order valence-corrected chi connectivity index (χ3v) is 3.60. The van der Waals surface area contributed by atoms with E-state index in [1.54, 1.807) is 18.2 Å². The number of amides is 1. The first kappa shape index (κ1) is 16.5. The molecule has 3 rings (SSSR count). The Morgan fingerprint density at radius 3 is 2.96 bits per heavy atom. The van der Waals surface area contributed by atoms with Crippen LogP contribution in [0.3, 0.4) is 0 Å². The molecule has 0 radical (unpaired) electrons. The van der Waals surface area contributed by atoms with Crippen LogP contribution < -0.4 is 5.43 Å². The Balaban J connectivity index is 1.65. The number of hydrazone groups is 1. The van der Waals surface area contributed by atoms with E-state index in [1.807, 2.05) is 12.1 Å². The van der Waals surface area contributed by atoms with Crippen LogP contribution in [0.15, 0.2) is 47.6 Å². The fourth-order valence-corrected chi connectivity index (χ4v) is 2.32. The molecule has 0 aliphatic heterocycles. The predicted molar refractivity (Wildman–Crippen MR) is 91.4 cm³/mol. The number of nitrogens with zero attached hydrogens (tertiary/aromatic N) is 5. The Hall–Kier alpha value is -3.33. The first-order valence-electron chi connectivity index (χ1n) is 7.08. The summed E-state index contributed by atoms with van der Waals surface area (Å²) in [6, 6.07) is 11.5. The zero-order valence-corrected chi connectivity index (χ0v) is 13.4. The van der Waals surface area contributed by atoms with E-state index in [2.05, 4.69) is 20.8 Å². The first-order valence-corrected chi connectivity index (χ1v) is 7.46. The molecule has 1 aromatic heterocycles. The normalized spacial score (nSPS) is 11.1. The second kappa shape index (κ2) is 7.05. The van der Waals surface area contributed by atoms with E-state index in [-0.39, 0.29) is 17.3 Å². The largest absolute Gasteiger partial charge is 0.288 e. The van der Waals surface area contributed by atoms with Gasteiger partial charge in [-0.05, 0) is 18.2 Å². The average Bonchev–Trinajstić information content (AvgIpc) is 2.99. The Bertz CT molecular complexity index is 984. The van der Waals surface area contributed by atoms with E-state index in [1.165, 1.54) is 23.0 Å². The van der Waals surface area contributed by atoms with E-state index in [9.17, 15) is 14.9 Å². The molecule has 0 saturated heterocycles. The molecular weight excluding hydrogens is 348 g/mol. The van der Waals surface area contributed by atoms with E-state index in [4.69, 9.17) is 11.6 Å². The maximum absolute atomic E-state index is 11.9. The number of benzene rings is 2. The molecule has 126 valence electrons. The minimum atomic E-state index is -0.589. The molecule has 0 unspecified atom stereocenters. The van der Waals surface area contributed by atoms with Gasteiger partial charge in [-0.15, -0.1) is 5.10 Å². The summed E-state index contributed by atoms with van der Waals surface area (Å²) in [6.45, 7) is -0.0569. The molecule has 1 N–H and O–H groups in total. The molecule has 2 aromatic carbocycles. The number of nitro benzene ring substituents is 1. The summed E-state index contributed by atoms with van der Waals surface area (Å²) in [7, 11) is 0. The van der Waals surface area contributed by atoms with Gasteiger partial charge in [-0.25, -0.2) is 10.1 Å². The van der Waals surface area contributed by atoms with Crippen LogP contribution in [0.25, 0.3) is 11.0 Å². The van der Waals surface area contributed by atoms with Crippen LogP contribution in [0.2, 0.25) is 5.02 Å². The molecule has 3 aromatic rings. The van der Waals surface area contributed by atoms with Crippen molar-refractivity contribution >= 4 is 40.4 Å². The van der Waals surface area contributed by atoms with Crippen molar-refractivity contribution < 1.29 is 9.72 Å². The van der Waals surface area contributed by atoms with Gasteiger partial charge >= 0.3 is 0 Å². The highest BCUT2D eigenvalue weighted by Gasteiger charge is 2.12. The minimum absolute atomic E-state index is 0.0317. The third-order valence-electron chi connectivity index (χ3n) is 3.28. The summed E-state index contributed by atoms with van der Waals surface area (Å²) in [5.41, 5.74) is 3.96. The Morgan fingerprint density at radius 1 is 1.36 bits per heavy atom. The molecule has 0 fully saturated rings. The molecule has 0 aliphatic rings. The number of nitrogens with one attached hydrogen (secondary N) is 1. The summed E-state index contributed by atoms with van der Waals surface area (Å²) in [5.74, 6) is -0.407. The van der Waals surface area contributed by atoms with Crippen molar-refractivity contribution in [2.24, 2.45) is 5.10 Å². The van der Waals surface area contributed by atoms with Gasteiger partial charge in [0.2, 0.25) is 0 Å². The summed E-state index contributed by atoms with van der Waals surface area (Å²) in [6.07, 6.45) is 1.29. The summed E-state index contributed by atoms with van der Waals surface area (Å²) in [4.78, 5) is 22.2. The molecule has 10 heteroatoms. The van der Waals surface area contributed by atoms with Gasteiger partial charge < -0.3 is 0 Å². The van der Waals surface area contributed by atoms with Gasteiger partial charge in [0.05, 0.1) is 16.7 Å². The third kappa shape index (κ3) is 3.78. The summed E-state index contributed by atoms with van der Waals surface area (Å²) in [5, 5.41) is 22.5. The molecular formula is C15H11ClN6O3. The van der Waals surface area contributed by atoms with Crippen molar-refractivity contribution in [2.75, 3.05) is 0 Å². The van der Waals surface area contributed by atoms with Crippen molar-refractivity contribution in [1.29, 1.82) is 0 Å². The van der Waals surface area contributed by atoms with Crippen LogP contribution in [0.5, 0.6) is 0 Å². The number of hydrogen-bond acceptors (Lipinski definition) is 6. The Labute approximate surface area is 146 Å². The highest BCUT2D eigenvalue weighted by Crippen LogP contribution is 2.24. The lowest BCUT2D eigenvalue weighted by Gasteiger charge is -2.01. The molecule has 0 bridgehead atoms. The second-order valence-electron chi connectivity index (χ2n) is 5.00. The minimum Gasteiger partial charge on any atom is -0.271 e. The van der Waals surface area contributed by atoms with Gasteiger partial charge in [0.1, 0.15) is 17.1 Å². The van der Waals surface area contributed by atoms with Crippen molar-refractivity contribution in [3.8, 4) is 0 Å². The number of carbonyl (C=O) groups excluding carboxylic acids is 1. The molecule has 1 heterocycles. The molecule has 1 amide bonds. The Morgan fingerprint density at radius 2 is 2.16 bits per heavy atom. The molecule has 0 saturated carbocycles. The Kier molecular flexibility index (Phi) is 4.66. The van der Waals surface area contributed by atoms with Crippen LogP contribution in [-0.4, -0.2) is 32.0 Å². The molecule has 0 spiro atoms. The second-order valence-corrected chi connectivity index (χ2v) is 5.40. The highest BCUT2D eigenvalue weighted by atomic mass is 35.5. The predicted octanol–water partition coefficient (Wildman–Crippen LogP) is 2.14. The van der Waals surface area contributed by atoms with Crippen molar-refractivity contribution in [2.45, 2.75) is 6.54 Å². The standard InChI is InChI=1S/C15H11ClN6O3/c16-11-6-5-10(7-14(11)22(24)25)8-17-19-15(23)9-21-13-4-2-1-3-12(13)18-20-21/h1-8H,9H2,(H,19,23)/b17-8-. The lowest BCUT2D eigenvalue weighted by atomic mass is 10.2. The first-order chi connectivity index (χ1) is 12.0. The van der Waals surface area contributed by atoms with E-state index >= 15 is 0 Å². The van der Waals surface area contributed by atoms with Crippen molar-refractivity contribution in [3.05, 3.63) is 63.2 Å². The maximum Gasteiger partial charge on any atom is 0.288 e. The smallest absolute Gasteiger partial charge is 0.271 e. The van der Waals surface area contributed by atoms with Crippen molar-refractivity contribution in [1.82, 2.24) is 20.4 Å². The fourth-order valence-electron chi connectivity index (χ4n) is 2.13. The monoisotopic (exact) mass is 358 g/mol. The summed E-state index contributed by atoms with van der Waals surface area (Å²) >= 11 is 5.73. The number of nitro groups is 1. The van der Waals surface area contributed by atoms with Gasteiger partial charge in [0, 0.05) is 11.6 Å². The van der Waals surface area contributed by atoms with Gasteiger partial charge in [0.15, 0.2) is 0 Å². The molecule has 9 nitrogen and oxygen atoms in total. The fraction of sp³-hybridized carbons (Fsp3) is 0.0667. The van der Waals surface area contributed by atoms with Crippen LogP contribution in [-0.2, 0) is 11.3 Å². The maximum atomic E-state index is 11.9. The topological polar surface area (TPSA) is 115 Å². The zero-order valence-electron chi connectivity index (χ0n) is 12.7. The number of fused-ring (bicyclic) bond motifs is 1. The van der Waals surface area contributed by atoms with Crippen LogP contribution in [0.4, 0.5) is 5.69 Å². The van der Waals surface area contributed by atoms with Crippen LogP contribution >= 0.6 is 11.6 Å². The molecule has 25 heavy (non-hydrogen) atoms. The molecule has 0 aliphatic carbocycles. The highest BCUT2D eigenvalue weighted by molar-refractivity contribution is 6.32. The zero-order chi connectivity index (χ0) is 17.8. The average molecular weight is 359 g/mol. The van der Waals surface area contributed by atoms with Crippen molar-refractivity contribution in [3.63, 3.8) is 0 Å². The van der Waals surface area contributed by atoms with E-state index in [0.717, 1.165) is 5.52 Å². The lowest BCUT2D eigenvalue weighted by Crippen LogP contribution is -2.23.